The predicted octanol–water partition coefficient (Wildman–Crippen LogP) is 2.29. The second kappa shape index (κ2) is 5.54. The number of hydrogen-bond acceptors (Lipinski definition) is 2. The van der Waals surface area contributed by atoms with E-state index in [2.05, 4.69) is 5.32 Å². The van der Waals surface area contributed by atoms with Crippen molar-refractivity contribution in [2.24, 2.45) is 0 Å². The van der Waals surface area contributed by atoms with Crippen molar-refractivity contribution in [3.05, 3.63) is 29.8 Å². The van der Waals surface area contributed by atoms with Crippen molar-refractivity contribution < 1.29 is 4.79 Å². The van der Waals surface area contributed by atoms with E-state index < -0.39 is 0 Å². The van der Waals surface area contributed by atoms with Gasteiger partial charge in [-0.1, -0.05) is 19.1 Å². The van der Waals surface area contributed by atoms with Crippen LogP contribution in [0.2, 0.25) is 0 Å². The Balaban J connectivity index is 2.55. The molecule has 1 rings (SSSR count). The number of benzene rings is 1. The van der Waals surface area contributed by atoms with E-state index in [4.69, 9.17) is 5.73 Å². The number of rotatable bonds is 4. The first-order valence-electron chi connectivity index (χ1n) is 5.64. The van der Waals surface area contributed by atoms with Crippen LogP contribution in [0.4, 0.5) is 5.69 Å². The maximum absolute atomic E-state index is 11.6. The van der Waals surface area contributed by atoms with Gasteiger partial charge in [0.1, 0.15) is 0 Å². The number of nitrogens with one attached hydrogen (secondary N) is 1. The van der Waals surface area contributed by atoms with Crippen LogP contribution < -0.4 is 11.1 Å². The van der Waals surface area contributed by atoms with Crippen molar-refractivity contribution in [3.8, 4) is 0 Å². The van der Waals surface area contributed by atoms with Crippen molar-refractivity contribution in [3.63, 3.8) is 0 Å². The summed E-state index contributed by atoms with van der Waals surface area (Å²) in [6.07, 6.45) is 0.516. The number of hydrogen-bond donors (Lipinski definition) is 2. The first-order chi connectivity index (χ1) is 7.49. The van der Waals surface area contributed by atoms with Crippen molar-refractivity contribution >= 4 is 11.6 Å². The molecule has 0 aliphatic carbocycles. The monoisotopic (exact) mass is 220 g/mol. The van der Waals surface area contributed by atoms with Crippen molar-refractivity contribution in [1.29, 1.82) is 0 Å². The molecule has 0 spiro atoms. The minimum Gasteiger partial charge on any atom is -0.399 e. The van der Waals surface area contributed by atoms with Gasteiger partial charge in [0.15, 0.2) is 0 Å². The van der Waals surface area contributed by atoms with Crippen molar-refractivity contribution in [2.75, 3.05) is 5.73 Å². The van der Waals surface area contributed by atoms with E-state index in [1.165, 1.54) is 0 Å². The van der Waals surface area contributed by atoms with Crippen LogP contribution in [0, 0.1) is 0 Å². The SMILES string of the molecule is CC(C)NC(=O)CC(C)c1ccc(N)cc1. The molecular weight excluding hydrogens is 200 g/mol. The average molecular weight is 220 g/mol. The highest BCUT2D eigenvalue weighted by Crippen LogP contribution is 2.19. The van der Waals surface area contributed by atoms with E-state index in [1.54, 1.807) is 0 Å². The van der Waals surface area contributed by atoms with Crippen LogP contribution in [0.15, 0.2) is 24.3 Å². The van der Waals surface area contributed by atoms with E-state index in [0.29, 0.717) is 6.42 Å². The molecule has 0 radical (unpaired) electrons. The molecule has 1 atom stereocenters. The van der Waals surface area contributed by atoms with E-state index >= 15 is 0 Å². The molecule has 3 nitrogen and oxygen atoms in total. The summed E-state index contributed by atoms with van der Waals surface area (Å²) in [5.74, 6) is 0.318. The highest BCUT2D eigenvalue weighted by Gasteiger charge is 2.11. The first kappa shape index (κ1) is 12.6. The molecule has 1 unspecified atom stereocenters. The van der Waals surface area contributed by atoms with Crippen LogP contribution in [0.25, 0.3) is 0 Å². The van der Waals surface area contributed by atoms with Crippen LogP contribution in [0.5, 0.6) is 0 Å². The lowest BCUT2D eigenvalue weighted by Crippen LogP contribution is -2.30. The van der Waals surface area contributed by atoms with E-state index in [0.717, 1.165) is 11.3 Å². The normalized spacial score (nSPS) is 12.5. The third-order valence-electron chi connectivity index (χ3n) is 2.45. The van der Waals surface area contributed by atoms with Crippen molar-refractivity contribution in [1.82, 2.24) is 5.32 Å². The van der Waals surface area contributed by atoms with Gasteiger partial charge in [-0.3, -0.25) is 4.79 Å². The molecule has 0 aliphatic rings. The molecule has 88 valence electrons. The summed E-state index contributed by atoms with van der Waals surface area (Å²) >= 11 is 0. The van der Waals surface area contributed by atoms with Crippen LogP contribution in [-0.2, 0) is 4.79 Å². The number of carbonyl (C=O) groups is 1. The third kappa shape index (κ3) is 3.93. The van der Waals surface area contributed by atoms with Gasteiger partial charge in [0.2, 0.25) is 5.91 Å². The Hall–Kier alpha value is -1.51. The number of amides is 1. The first-order valence-corrected chi connectivity index (χ1v) is 5.64. The van der Waals surface area contributed by atoms with Gasteiger partial charge in [-0.15, -0.1) is 0 Å². The molecule has 0 heterocycles. The molecule has 1 aromatic rings. The molecule has 16 heavy (non-hydrogen) atoms. The van der Waals surface area contributed by atoms with Gasteiger partial charge in [-0.2, -0.15) is 0 Å². The lowest BCUT2D eigenvalue weighted by Gasteiger charge is -2.13. The Morgan fingerprint density at radius 3 is 2.31 bits per heavy atom. The second-order valence-corrected chi connectivity index (χ2v) is 4.49. The van der Waals surface area contributed by atoms with Gasteiger partial charge in [-0.05, 0) is 37.5 Å². The molecule has 0 aromatic heterocycles. The largest absolute Gasteiger partial charge is 0.399 e. The minimum atomic E-state index is 0.0966. The molecule has 3 N–H and O–H groups in total. The molecule has 0 bridgehead atoms. The van der Waals surface area contributed by atoms with E-state index in [1.807, 2.05) is 45.0 Å². The van der Waals surface area contributed by atoms with Crippen LogP contribution in [0.3, 0.4) is 0 Å². The number of nitrogens with two attached hydrogens (primary N) is 1. The summed E-state index contributed by atoms with van der Waals surface area (Å²) in [6.45, 7) is 5.98. The van der Waals surface area contributed by atoms with Gasteiger partial charge in [0.05, 0.1) is 0 Å². The summed E-state index contributed by atoms with van der Waals surface area (Å²) in [5.41, 5.74) is 7.51. The molecule has 1 amide bonds. The zero-order valence-corrected chi connectivity index (χ0v) is 10.2. The molecule has 0 saturated carbocycles. The lowest BCUT2D eigenvalue weighted by molar-refractivity contribution is -0.121. The quantitative estimate of drug-likeness (QED) is 0.765. The summed E-state index contributed by atoms with van der Waals surface area (Å²) < 4.78 is 0. The maximum atomic E-state index is 11.6. The standard InChI is InChI=1S/C13H20N2O/c1-9(2)15-13(16)8-10(3)11-4-6-12(14)7-5-11/h4-7,9-10H,8,14H2,1-3H3,(H,15,16). The van der Waals surface area contributed by atoms with Gasteiger partial charge in [-0.25, -0.2) is 0 Å². The summed E-state index contributed by atoms with van der Waals surface area (Å²) in [5, 5.41) is 2.89. The summed E-state index contributed by atoms with van der Waals surface area (Å²) in [7, 11) is 0. The molecule has 0 aliphatic heterocycles. The number of anilines is 1. The van der Waals surface area contributed by atoms with Gasteiger partial charge in [0.25, 0.3) is 0 Å². The fourth-order valence-electron chi connectivity index (χ4n) is 1.60. The average Bonchev–Trinajstić information content (AvgIpc) is 2.16. The lowest BCUT2D eigenvalue weighted by atomic mass is 9.97. The zero-order chi connectivity index (χ0) is 12.1. The Labute approximate surface area is 97.0 Å². The Morgan fingerprint density at radius 2 is 1.81 bits per heavy atom. The molecular formula is C13H20N2O. The number of nitrogen functional groups attached to an aromatic ring is 1. The summed E-state index contributed by atoms with van der Waals surface area (Å²) in [4.78, 5) is 11.6. The topological polar surface area (TPSA) is 55.1 Å². The van der Waals surface area contributed by atoms with Crippen LogP contribution >= 0.6 is 0 Å². The highest BCUT2D eigenvalue weighted by molar-refractivity contribution is 5.77. The highest BCUT2D eigenvalue weighted by atomic mass is 16.1. The molecule has 0 fully saturated rings. The molecule has 0 saturated heterocycles. The Kier molecular flexibility index (Phi) is 4.35. The second-order valence-electron chi connectivity index (χ2n) is 4.49. The van der Waals surface area contributed by atoms with E-state index in [9.17, 15) is 4.79 Å². The Morgan fingerprint density at radius 1 is 1.25 bits per heavy atom. The predicted molar refractivity (Wildman–Crippen MR) is 67.2 cm³/mol. The van der Waals surface area contributed by atoms with E-state index in [-0.39, 0.29) is 17.9 Å². The zero-order valence-electron chi connectivity index (χ0n) is 10.2. The maximum Gasteiger partial charge on any atom is 0.220 e. The Bertz CT molecular complexity index is 343. The molecule has 3 heteroatoms. The molecule has 1 aromatic carbocycles. The fourth-order valence-corrected chi connectivity index (χ4v) is 1.60. The van der Waals surface area contributed by atoms with Crippen LogP contribution in [0.1, 0.15) is 38.7 Å². The van der Waals surface area contributed by atoms with Gasteiger partial charge in [0, 0.05) is 18.2 Å². The minimum absolute atomic E-state index is 0.0966. The third-order valence-corrected chi connectivity index (χ3v) is 2.45. The van der Waals surface area contributed by atoms with Gasteiger partial charge < -0.3 is 11.1 Å². The van der Waals surface area contributed by atoms with Crippen molar-refractivity contribution in [2.45, 2.75) is 39.2 Å². The van der Waals surface area contributed by atoms with Crippen LogP contribution in [-0.4, -0.2) is 11.9 Å². The fraction of sp³-hybridized carbons (Fsp3) is 0.462. The smallest absolute Gasteiger partial charge is 0.220 e. The number of carbonyl (C=O) groups excluding carboxylic acids is 1. The van der Waals surface area contributed by atoms with Gasteiger partial charge >= 0.3 is 0 Å². The summed E-state index contributed by atoms with van der Waals surface area (Å²) in [6, 6.07) is 7.88.